The Kier molecular flexibility index (Phi) is 4.57. The first-order valence-electron chi connectivity index (χ1n) is 7.75. The van der Waals surface area contributed by atoms with Crippen LogP contribution in [0.15, 0.2) is 24.3 Å². The lowest BCUT2D eigenvalue weighted by Gasteiger charge is -2.38. The van der Waals surface area contributed by atoms with Crippen molar-refractivity contribution >= 4 is 12.1 Å². The molecule has 0 saturated carbocycles. The van der Waals surface area contributed by atoms with Crippen molar-refractivity contribution in [3.05, 3.63) is 24.3 Å². The molecule has 0 radical (unpaired) electrons. The summed E-state index contributed by atoms with van der Waals surface area (Å²) in [4.78, 5) is 25.2. The molecule has 6 nitrogen and oxygen atoms in total. The summed E-state index contributed by atoms with van der Waals surface area (Å²) in [5.74, 6) is -1.22. The van der Waals surface area contributed by atoms with Crippen LogP contribution in [0.25, 0.3) is 0 Å². The van der Waals surface area contributed by atoms with E-state index >= 15 is 0 Å². The van der Waals surface area contributed by atoms with Gasteiger partial charge in [-0.25, -0.2) is 9.59 Å². The standard InChI is InChI=1S/C17H25NO5/c1-16(2,3)23-15(21)18-10-12(14(19)20)22-13(18)11-8-6-7-9-17(11,4)5/h6-9,11-13H,10H2,1-5H3,(H,19,20). The Bertz CT molecular complexity index is 544. The Balaban J connectivity index is 2.26. The molecule has 1 saturated heterocycles. The summed E-state index contributed by atoms with van der Waals surface area (Å²) in [5.41, 5.74) is -0.909. The van der Waals surface area contributed by atoms with E-state index in [1.165, 1.54) is 4.90 Å². The normalized spacial score (nSPS) is 29.6. The number of hydrogen-bond acceptors (Lipinski definition) is 4. The Labute approximate surface area is 136 Å². The average molecular weight is 323 g/mol. The van der Waals surface area contributed by atoms with Crippen molar-refractivity contribution < 1.29 is 24.2 Å². The predicted octanol–water partition coefficient (Wildman–Crippen LogP) is 2.80. The van der Waals surface area contributed by atoms with E-state index in [9.17, 15) is 14.7 Å². The molecule has 0 spiro atoms. The van der Waals surface area contributed by atoms with Gasteiger partial charge in [0, 0.05) is 5.92 Å². The van der Waals surface area contributed by atoms with Crippen molar-refractivity contribution in [3.63, 3.8) is 0 Å². The monoisotopic (exact) mass is 323 g/mol. The lowest BCUT2D eigenvalue weighted by molar-refractivity contribution is -0.151. The minimum Gasteiger partial charge on any atom is -0.479 e. The molecule has 1 aliphatic heterocycles. The van der Waals surface area contributed by atoms with Gasteiger partial charge in [-0.05, 0) is 26.2 Å². The van der Waals surface area contributed by atoms with Gasteiger partial charge in [-0.2, -0.15) is 0 Å². The van der Waals surface area contributed by atoms with E-state index in [2.05, 4.69) is 0 Å². The molecule has 1 aliphatic carbocycles. The number of nitrogens with zero attached hydrogens (tertiary/aromatic N) is 1. The maximum atomic E-state index is 12.5. The molecule has 1 heterocycles. The number of carboxylic acids is 1. The van der Waals surface area contributed by atoms with Crippen LogP contribution in [0.3, 0.4) is 0 Å². The molecule has 2 rings (SSSR count). The van der Waals surface area contributed by atoms with Crippen LogP contribution in [0.4, 0.5) is 4.79 Å². The molecule has 2 aliphatic rings. The molecule has 128 valence electrons. The lowest BCUT2D eigenvalue weighted by atomic mass is 9.75. The maximum absolute atomic E-state index is 12.5. The number of rotatable bonds is 2. The van der Waals surface area contributed by atoms with Crippen LogP contribution < -0.4 is 0 Å². The van der Waals surface area contributed by atoms with Gasteiger partial charge in [-0.3, -0.25) is 4.90 Å². The quantitative estimate of drug-likeness (QED) is 0.845. The van der Waals surface area contributed by atoms with Gasteiger partial charge in [-0.1, -0.05) is 38.2 Å². The van der Waals surface area contributed by atoms with Gasteiger partial charge in [-0.15, -0.1) is 0 Å². The SMILES string of the molecule is CC(C)(C)OC(=O)N1CC(C(=O)O)OC1C1C=CC=CC1(C)C. The van der Waals surface area contributed by atoms with Gasteiger partial charge in [0.25, 0.3) is 0 Å². The number of allylic oxidation sites excluding steroid dienone is 3. The largest absolute Gasteiger partial charge is 0.479 e. The molecule has 1 N–H and O–H groups in total. The third-order valence-electron chi connectivity index (χ3n) is 4.00. The van der Waals surface area contributed by atoms with Crippen molar-refractivity contribution in [2.24, 2.45) is 11.3 Å². The molecular formula is C17H25NO5. The van der Waals surface area contributed by atoms with E-state index in [0.29, 0.717) is 0 Å². The highest BCUT2D eigenvalue weighted by molar-refractivity contribution is 5.76. The fourth-order valence-corrected chi connectivity index (χ4v) is 2.79. The zero-order valence-corrected chi connectivity index (χ0v) is 14.3. The highest BCUT2D eigenvalue weighted by atomic mass is 16.6. The first-order chi connectivity index (χ1) is 10.5. The molecule has 3 unspecified atom stereocenters. The van der Waals surface area contributed by atoms with Crippen molar-refractivity contribution in [3.8, 4) is 0 Å². The van der Waals surface area contributed by atoms with Gasteiger partial charge >= 0.3 is 12.1 Å². The average Bonchev–Trinajstić information content (AvgIpc) is 2.81. The highest BCUT2D eigenvalue weighted by Gasteiger charge is 2.48. The minimum absolute atomic E-state index is 0.0148. The molecule has 0 bridgehead atoms. The molecular weight excluding hydrogens is 298 g/mol. The van der Waals surface area contributed by atoms with E-state index in [1.807, 2.05) is 38.2 Å². The third-order valence-corrected chi connectivity index (χ3v) is 4.00. The van der Waals surface area contributed by atoms with Crippen molar-refractivity contribution in [1.82, 2.24) is 4.90 Å². The summed E-state index contributed by atoms with van der Waals surface area (Å²) in [6.45, 7) is 9.37. The van der Waals surface area contributed by atoms with E-state index in [-0.39, 0.29) is 17.9 Å². The second kappa shape index (κ2) is 6.00. The molecule has 0 aromatic heterocycles. The number of aliphatic carboxylic acids is 1. The molecule has 3 atom stereocenters. The van der Waals surface area contributed by atoms with Crippen LogP contribution in [0, 0.1) is 11.3 Å². The zero-order valence-electron chi connectivity index (χ0n) is 14.3. The Morgan fingerprint density at radius 2 is 1.96 bits per heavy atom. The van der Waals surface area contributed by atoms with E-state index in [4.69, 9.17) is 9.47 Å². The van der Waals surface area contributed by atoms with Gasteiger partial charge < -0.3 is 14.6 Å². The second-order valence-corrected chi connectivity index (χ2v) is 7.58. The van der Waals surface area contributed by atoms with E-state index in [1.54, 1.807) is 20.8 Å². The Hall–Kier alpha value is -1.82. The van der Waals surface area contributed by atoms with Crippen molar-refractivity contribution in [2.75, 3.05) is 6.54 Å². The minimum atomic E-state index is -1.07. The summed E-state index contributed by atoms with van der Waals surface area (Å²) in [6.07, 6.45) is 5.56. The fraction of sp³-hybridized carbons (Fsp3) is 0.647. The molecule has 0 aromatic carbocycles. The van der Waals surface area contributed by atoms with Crippen LogP contribution in [0.5, 0.6) is 0 Å². The van der Waals surface area contributed by atoms with Crippen LogP contribution in [0.1, 0.15) is 34.6 Å². The molecule has 6 heteroatoms. The van der Waals surface area contributed by atoms with E-state index in [0.717, 1.165) is 0 Å². The Morgan fingerprint density at radius 1 is 1.30 bits per heavy atom. The first kappa shape index (κ1) is 17.5. The first-order valence-corrected chi connectivity index (χ1v) is 7.75. The molecule has 1 amide bonds. The zero-order chi connectivity index (χ0) is 17.4. The van der Waals surface area contributed by atoms with Crippen LogP contribution >= 0.6 is 0 Å². The van der Waals surface area contributed by atoms with Gasteiger partial charge in [0.05, 0.1) is 6.54 Å². The number of carboxylic acid groups (broad SMARTS) is 1. The van der Waals surface area contributed by atoms with Crippen molar-refractivity contribution in [1.29, 1.82) is 0 Å². The summed E-state index contributed by atoms with van der Waals surface area (Å²) in [7, 11) is 0. The van der Waals surface area contributed by atoms with Crippen LogP contribution in [-0.4, -0.2) is 46.5 Å². The van der Waals surface area contributed by atoms with E-state index < -0.39 is 30.0 Å². The number of carbonyl (C=O) groups excluding carboxylic acids is 1. The molecule has 0 aromatic rings. The smallest absolute Gasteiger partial charge is 0.412 e. The number of amides is 1. The third kappa shape index (κ3) is 3.93. The maximum Gasteiger partial charge on any atom is 0.412 e. The topological polar surface area (TPSA) is 76.1 Å². The Morgan fingerprint density at radius 3 is 2.48 bits per heavy atom. The lowest BCUT2D eigenvalue weighted by Crippen LogP contribution is -2.46. The molecule has 1 fully saturated rings. The summed E-state index contributed by atoms with van der Waals surface area (Å²) >= 11 is 0. The van der Waals surface area contributed by atoms with Gasteiger partial charge in [0.15, 0.2) is 6.10 Å². The summed E-state index contributed by atoms with van der Waals surface area (Å²) in [5, 5.41) is 9.26. The number of ether oxygens (including phenoxy) is 2. The van der Waals surface area contributed by atoms with Gasteiger partial charge in [0.2, 0.25) is 0 Å². The summed E-state index contributed by atoms with van der Waals surface area (Å²) in [6, 6.07) is 0. The van der Waals surface area contributed by atoms with Crippen molar-refractivity contribution in [2.45, 2.75) is 52.6 Å². The second-order valence-electron chi connectivity index (χ2n) is 7.58. The fourth-order valence-electron chi connectivity index (χ4n) is 2.79. The molecule has 23 heavy (non-hydrogen) atoms. The predicted molar refractivity (Wildman–Crippen MR) is 84.8 cm³/mol. The van der Waals surface area contributed by atoms with Crippen LogP contribution in [-0.2, 0) is 14.3 Å². The van der Waals surface area contributed by atoms with Crippen LogP contribution in [0.2, 0.25) is 0 Å². The highest BCUT2D eigenvalue weighted by Crippen LogP contribution is 2.40. The number of hydrogen-bond donors (Lipinski definition) is 1. The summed E-state index contributed by atoms with van der Waals surface area (Å²) < 4.78 is 11.1. The number of carbonyl (C=O) groups is 2. The van der Waals surface area contributed by atoms with Gasteiger partial charge in [0.1, 0.15) is 11.8 Å².